The van der Waals surface area contributed by atoms with Crippen LogP contribution in [0.2, 0.25) is 0 Å². The lowest BCUT2D eigenvalue weighted by Gasteiger charge is -2.28. The summed E-state index contributed by atoms with van der Waals surface area (Å²) in [5.41, 5.74) is 10.4. The third kappa shape index (κ3) is 4.70. The highest BCUT2D eigenvalue weighted by molar-refractivity contribution is 7.25. The maximum absolute atomic E-state index is 9.16. The summed E-state index contributed by atoms with van der Waals surface area (Å²) in [6.07, 6.45) is 0. The second-order valence-corrected chi connectivity index (χ2v) is 14.0. The Morgan fingerprint density at radius 1 is 0.529 bits per heavy atom. The summed E-state index contributed by atoms with van der Waals surface area (Å²) in [5, 5.41) is 0.633. The molecule has 0 amide bonds. The first-order chi connectivity index (χ1) is 28.1. The van der Waals surface area contributed by atoms with Crippen molar-refractivity contribution >= 4 is 31.5 Å². The third-order valence-corrected chi connectivity index (χ3v) is 11.1. The molecule has 0 fully saturated rings. The van der Waals surface area contributed by atoms with E-state index < -0.39 is 5.41 Å². The highest BCUT2D eigenvalue weighted by Crippen LogP contribution is 2.55. The second kappa shape index (κ2) is 11.7. The van der Waals surface area contributed by atoms with Crippen molar-refractivity contribution in [3.05, 3.63) is 192 Å². The molecule has 7 aromatic carbocycles. The van der Waals surface area contributed by atoms with Crippen LogP contribution in [0.4, 0.5) is 0 Å². The third-order valence-electron chi connectivity index (χ3n) is 10.1. The maximum atomic E-state index is 9.16. The number of nitrogens with zero attached hydrogens (tertiary/aromatic N) is 2. The van der Waals surface area contributed by atoms with Crippen LogP contribution in [0.25, 0.3) is 76.3 Å². The molecule has 10 rings (SSSR count). The molecule has 9 aromatic rings. The van der Waals surface area contributed by atoms with Crippen molar-refractivity contribution in [3.63, 3.8) is 0 Å². The number of hydrogen-bond donors (Lipinski definition) is 0. The lowest BCUT2D eigenvalue weighted by atomic mass is 9.74. The Labute approximate surface area is 311 Å². The van der Waals surface area contributed by atoms with Crippen LogP contribution < -0.4 is 0 Å². The van der Waals surface area contributed by atoms with E-state index in [1.807, 2.05) is 66.7 Å². The van der Waals surface area contributed by atoms with E-state index in [0.717, 1.165) is 44.8 Å². The maximum Gasteiger partial charge on any atom is 0.160 e. The fraction of sp³-hybridized carbons (Fsp3) is 0.0417. The van der Waals surface area contributed by atoms with Gasteiger partial charge in [0.2, 0.25) is 0 Å². The molecule has 1 unspecified atom stereocenters. The van der Waals surface area contributed by atoms with Crippen molar-refractivity contribution in [2.45, 2.75) is 12.3 Å². The summed E-state index contributed by atoms with van der Waals surface area (Å²) in [4.78, 5) is 10.4. The van der Waals surface area contributed by atoms with Crippen LogP contribution in [0.15, 0.2) is 176 Å². The van der Waals surface area contributed by atoms with E-state index in [-0.39, 0.29) is 47.7 Å². The van der Waals surface area contributed by atoms with Gasteiger partial charge in [-0.2, -0.15) is 0 Å². The molecule has 0 saturated heterocycles. The van der Waals surface area contributed by atoms with Gasteiger partial charge in [0.05, 0.1) is 21.0 Å². The SMILES string of the molecule is [2H]c1c([2H])c([2H])c2c(sc3c([2H])c([2H])c([2H])c(-c4cccc(-c5cc(-c6cccc7c6-c6ccccc6C7(C)c6ccccc6)nc(-c6ccccc6)n5)c4)c32)c1[2H]. The van der Waals surface area contributed by atoms with Gasteiger partial charge in [-0.3, -0.25) is 0 Å². The minimum Gasteiger partial charge on any atom is -0.228 e. The first kappa shape index (κ1) is 23.3. The van der Waals surface area contributed by atoms with Gasteiger partial charge in [0.1, 0.15) is 0 Å². The number of benzene rings is 7. The van der Waals surface area contributed by atoms with Crippen molar-refractivity contribution in [2.75, 3.05) is 0 Å². The predicted octanol–water partition coefficient (Wildman–Crippen LogP) is 12.8. The fourth-order valence-corrected chi connectivity index (χ4v) is 8.67. The zero-order valence-electron chi connectivity index (χ0n) is 34.5. The van der Waals surface area contributed by atoms with Gasteiger partial charge in [-0.25, -0.2) is 9.97 Å². The Morgan fingerprint density at radius 3 is 2.08 bits per heavy atom. The van der Waals surface area contributed by atoms with Gasteiger partial charge in [0.25, 0.3) is 0 Å². The molecular weight excluding hydrogens is 637 g/mol. The van der Waals surface area contributed by atoms with Crippen LogP contribution in [0, 0.1) is 0 Å². The van der Waals surface area contributed by atoms with Crippen molar-refractivity contribution in [1.29, 1.82) is 0 Å². The fourth-order valence-electron chi connectivity index (χ4n) is 7.70. The first-order valence-corrected chi connectivity index (χ1v) is 17.7. The normalized spacial score (nSPS) is 16.8. The Kier molecular flexibility index (Phi) is 5.35. The van der Waals surface area contributed by atoms with E-state index >= 15 is 0 Å². The van der Waals surface area contributed by atoms with E-state index in [9.17, 15) is 0 Å². The number of rotatable bonds is 5. The zero-order valence-corrected chi connectivity index (χ0v) is 28.3. The van der Waals surface area contributed by atoms with Crippen LogP contribution in [0.3, 0.4) is 0 Å². The standard InChI is InChI=1S/C48H32N2S/c1-48(34-19-6-3-7-20-34)39-25-10-8-21-36(39)45-37(24-13-26-40(45)48)42-30-41(49-47(50-42)31-15-4-2-5-16-31)33-18-12-17-32(29-33)35-23-14-28-44-46(35)38-22-9-11-27-43(38)51-44/h2-30H,1H3/i9D,11D,14D,22D,23D,27D,28D. The van der Waals surface area contributed by atoms with Gasteiger partial charge >= 0.3 is 0 Å². The van der Waals surface area contributed by atoms with Crippen LogP contribution >= 0.6 is 11.3 Å². The molecule has 2 nitrogen and oxygen atoms in total. The van der Waals surface area contributed by atoms with Gasteiger partial charge in [0.15, 0.2) is 5.82 Å². The van der Waals surface area contributed by atoms with Gasteiger partial charge in [-0.15, -0.1) is 11.3 Å². The molecule has 3 heteroatoms. The van der Waals surface area contributed by atoms with Crippen LogP contribution in [0.5, 0.6) is 0 Å². The molecule has 1 aliphatic rings. The van der Waals surface area contributed by atoms with E-state index in [4.69, 9.17) is 19.6 Å². The summed E-state index contributed by atoms with van der Waals surface area (Å²) < 4.78 is 61.6. The highest BCUT2D eigenvalue weighted by Gasteiger charge is 2.41. The lowest BCUT2D eigenvalue weighted by Crippen LogP contribution is -2.22. The second-order valence-electron chi connectivity index (χ2n) is 12.9. The number of hydrogen-bond acceptors (Lipinski definition) is 3. The molecule has 0 bridgehead atoms. The molecule has 2 aromatic heterocycles. The zero-order chi connectivity index (χ0) is 40.0. The van der Waals surface area contributed by atoms with E-state index in [0.29, 0.717) is 37.4 Å². The summed E-state index contributed by atoms with van der Waals surface area (Å²) in [6, 6.07) is 43.2. The quantitative estimate of drug-likeness (QED) is 0.181. The Hall–Kier alpha value is -6.16. The van der Waals surface area contributed by atoms with Crippen LogP contribution in [-0.2, 0) is 5.41 Å². The molecule has 240 valence electrons. The van der Waals surface area contributed by atoms with Crippen molar-refractivity contribution in [1.82, 2.24) is 9.97 Å². The summed E-state index contributed by atoms with van der Waals surface area (Å²) in [5.74, 6) is 0.545. The average Bonchev–Trinajstić information content (AvgIpc) is 3.79. The largest absolute Gasteiger partial charge is 0.228 e. The molecule has 0 radical (unpaired) electrons. The predicted molar refractivity (Wildman–Crippen MR) is 214 cm³/mol. The molecule has 0 N–H and O–H groups in total. The molecule has 1 aliphatic carbocycles. The van der Waals surface area contributed by atoms with Crippen LogP contribution in [-0.4, -0.2) is 9.97 Å². The molecule has 51 heavy (non-hydrogen) atoms. The van der Waals surface area contributed by atoms with E-state index in [1.54, 1.807) is 0 Å². The van der Waals surface area contributed by atoms with E-state index in [1.165, 1.54) is 16.7 Å². The first-order valence-electron chi connectivity index (χ1n) is 20.3. The lowest BCUT2D eigenvalue weighted by molar-refractivity contribution is 0.714. The number of thiophene rings is 1. The molecule has 0 aliphatic heterocycles. The Bertz CT molecular complexity index is 3170. The molecule has 0 saturated carbocycles. The smallest absolute Gasteiger partial charge is 0.160 e. The summed E-state index contributed by atoms with van der Waals surface area (Å²) >= 11 is 1.06. The van der Waals surface area contributed by atoms with Gasteiger partial charge < -0.3 is 0 Å². The summed E-state index contributed by atoms with van der Waals surface area (Å²) in [7, 11) is 0. The van der Waals surface area contributed by atoms with Gasteiger partial charge in [-0.1, -0.05) is 152 Å². The minimum absolute atomic E-state index is 0.175. The highest BCUT2D eigenvalue weighted by atomic mass is 32.1. The Morgan fingerprint density at radius 2 is 1.20 bits per heavy atom. The molecular formula is C48H32N2S. The van der Waals surface area contributed by atoms with Gasteiger partial charge in [-0.05, 0) is 70.1 Å². The molecule has 0 spiro atoms. The van der Waals surface area contributed by atoms with Crippen molar-refractivity contribution < 1.29 is 9.60 Å². The van der Waals surface area contributed by atoms with Crippen LogP contribution in [0.1, 0.15) is 33.2 Å². The monoisotopic (exact) mass is 675 g/mol. The topological polar surface area (TPSA) is 25.8 Å². The van der Waals surface area contributed by atoms with Crippen molar-refractivity contribution in [3.8, 4) is 56.2 Å². The van der Waals surface area contributed by atoms with Gasteiger partial charge in [0, 0.05) is 42.3 Å². The Balaban J connectivity index is 1.21. The molecule has 1 atom stereocenters. The average molecular weight is 676 g/mol. The number of aromatic nitrogens is 2. The van der Waals surface area contributed by atoms with Crippen molar-refractivity contribution in [2.24, 2.45) is 0 Å². The summed E-state index contributed by atoms with van der Waals surface area (Å²) in [6.45, 7) is 2.29. The number of fused-ring (bicyclic) bond motifs is 6. The van der Waals surface area contributed by atoms with E-state index in [2.05, 4.69) is 73.7 Å². The molecule has 2 heterocycles. The minimum atomic E-state index is -0.394.